The van der Waals surface area contributed by atoms with Crippen molar-refractivity contribution in [2.45, 2.75) is 18.5 Å². The van der Waals surface area contributed by atoms with Crippen LogP contribution in [0.2, 0.25) is 0 Å². The molecular formula is C12H17N5O4. The van der Waals surface area contributed by atoms with E-state index in [1.54, 1.807) is 16.8 Å². The Morgan fingerprint density at radius 1 is 1.48 bits per heavy atom. The Balaban J connectivity index is 1.54. The highest BCUT2D eigenvalue weighted by molar-refractivity contribution is 5.84. The van der Waals surface area contributed by atoms with Crippen LogP contribution in [0.25, 0.3) is 0 Å². The van der Waals surface area contributed by atoms with Crippen molar-refractivity contribution in [1.29, 1.82) is 0 Å². The van der Waals surface area contributed by atoms with Crippen LogP contribution in [0.1, 0.15) is 23.0 Å². The van der Waals surface area contributed by atoms with Gasteiger partial charge in [-0.25, -0.2) is 14.3 Å². The Kier molecular flexibility index (Phi) is 3.50. The first-order valence-corrected chi connectivity index (χ1v) is 6.81. The van der Waals surface area contributed by atoms with Gasteiger partial charge in [-0.2, -0.15) is 0 Å². The van der Waals surface area contributed by atoms with Crippen molar-refractivity contribution >= 4 is 12.0 Å². The minimum Gasteiger partial charge on any atom is -0.476 e. The summed E-state index contributed by atoms with van der Waals surface area (Å²) >= 11 is 0. The van der Waals surface area contributed by atoms with Crippen molar-refractivity contribution in [3.8, 4) is 0 Å². The Morgan fingerprint density at radius 2 is 2.24 bits per heavy atom. The summed E-state index contributed by atoms with van der Waals surface area (Å²) in [4.78, 5) is 26.4. The summed E-state index contributed by atoms with van der Waals surface area (Å²) < 4.78 is 6.79. The molecule has 0 aromatic carbocycles. The van der Waals surface area contributed by atoms with Gasteiger partial charge < -0.3 is 19.6 Å². The number of rotatable bonds is 3. The van der Waals surface area contributed by atoms with E-state index >= 15 is 0 Å². The predicted molar refractivity (Wildman–Crippen MR) is 70.0 cm³/mol. The highest BCUT2D eigenvalue weighted by Crippen LogP contribution is 2.23. The lowest BCUT2D eigenvalue weighted by molar-refractivity contribution is 0.0689. The first-order chi connectivity index (χ1) is 10.1. The van der Waals surface area contributed by atoms with E-state index < -0.39 is 5.97 Å². The van der Waals surface area contributed by atoms with Crippen LogP contribution in [0, 0.1) is 0 Å². The quantitative estimate of drug-likeness (QED) is 0.819. The summed E-state index contributed by atoms with van der Waals surface area (Å²) in [5, 5.41) is 16.2. The summed E-state index contributed by atoms with van der Waals surface area (Å²) in [6.07, 6.45) is 2.26. The summed E-state index contributed by atoms with van der Waals surface area (Å²) in [6.45, 7) is 2.31. The molecule has 0 spiro atoms. The number of ether oxygens (including phenoxy) is 1. The lowest BCUT2D eigenvalue weighted by Gasteiger charge is -2.41. The smallest absolute Gasteiger partial charge is 0.358 e. The molecule has 0 aliphatic carbocycles. The van der Waals surface area contributed by atoms with Gasteiger partial charge in [0, 0.05) is 26.7 Å². The van der Waals surface area contributed by atoms with Gasteiger partial charge in [0.1, 0.15) is 0 Å². The van der Waals surface area contributed by atoms with Crippen molar-refractivity contribution in [2.24, 2.45) is 0 Å². The average molecular weight is 295 g/mol. The second-order valence-corrected chi connectivity index (χ2v) is 5.36. The summed E-state index contributed by atoms with van der Waals surface area (Å²) in [5.41, 5.74) is -0.0833. The van der Waals surface area contributed by atoms with Gasteiger partial charge in [-0.05, 0) is 6.42 Å². The van der Waals surface area contributed by atoms with E-state index in [0.29, 0.717) is 26.3 Å². The Morgan fingerprint density at radius 3 is 2.81 bits per heavy atom. The lowest BCUT2D eigenvalue weighted by Crippen LogP contribution is -2.56. The number of carbonyl (C=O) groups is 2. The monoisotopic (exact) mass is 295 g/mol. The number of hydrogen-bond donors (Lipinski definition) is 1. The van der Waals surface area contributed by atoms with Crippen LogP contribution in [0.3, 0.4) is 0 Å². The van der Waals surface area contributed by atoms with Gasteiger partial charge in [0.2, 0.25) is 0 Å². The molecule has 2 amide bonds. The zero-order valence-corrected chi connectivity index (χ0v) is 11.7. The molecule has 21 heavy (non-hydrogen) atoms. The number of carboxylic acid groups (broad SMARTS) is 1. The minimum atomic E-state index is -1.10. The van der Waals surface area contributed by atoms with E-state index in [9.17, 15) is 9.59 Å². The Hall–Kier alpha value is -2.16. The molecule has 9 heteroatoms. The predicted octanol–water partition coefficient (Wildman–Crippen LogP) is -0.326. The van der Waals surface area contributed by atoms with Gasteiger partial charge in [-0.3, -0.25) is 0 Å². The third-order valence-electron chi connectivity index (χ3n) is 3.99. The number of likely N-dealkylation sites (tertiary alicyclic amines) is 1. The molecule has 1 atom stereocenters. The first kappa shape index (κ1) is 13.8. The average Bonchev–Trinajstić information content (AvgIpc) is 3.07. The minimum absolute atomic E-state index is 0.0113. The highest BCUT2D eigenvalue weighted by Gasteiger charge is 2.36. The molecule has 0 saturated carbocycles. The number of amides is 2. The molecule has 0 bridgehead atoms. The molecule has 114 valence electrons. The maximum Gasteiger partial charge on any atom is 0.358 e. The molecule has 2 aliphatic heterocycles. The molecule has 1 aromatic heterocycles. The Bertz CT molecular complexity index is 548. The number of aromatic carboxylic acids is 1. The van der Waals surface area contributed by atoms with Crippen molar-refractivity contribution < 1.29 is 19.4 Å². The maximum atomic E-state index is 12.3. The van der Waals surface area contributed by atoms with Crippen LogP contribution < -0.4 is 0 Å². The fourth-order valence-electron chi connectivity index (χ4n) is 2.54. The number of hydrogen-bond acceptors (Lipinski definition) is 5. The van der Waals surface area contributed by atoms with E-state index in [-0.39, 0.29) is 23.8 Å². The molecule has 2 aliphatic rings. The molecule has 2 saturated heterocycles. The topological polar surface area (TPSA) is 101 Å². The van der Waals surface area contributed by atoms with Gasteiger partial charge in [0.25, 0.3) is 0 Å². The number of likely N-dealkylation sites (N-methyl/N-ethyl adjacent to an activating group) is 1. The largest absolute Gasteiger partial charge is 0.476 e. The van der Waals surface area contributed by atoms with Crippen LogP contribution in [0.15, 0.2) is 6.20 Å². The lowest BCUT2D eigenvalue weighted by atomic mass is 10.1. The van der Waals surface area contributed by atoms with Crippen LogP contribution in [-0.2, 0) is 4.74 Å². The standard InChI is InChI=1S/C12H17N5O4/c1-15(8-2-3-21-7-8)12(20)16-4-9(5-16)17-6-10(11(18)19)13-14-17/h6,8-9H,2-5,7H2,1H3,(H,18,19). The summed E-state index contributed by atoms with van der Waals surface area (Å²) in [5.74, 6) is -1.10. The number of nitrogens with zero attached hydrogens (tertiary/aromatic N) is 5. The third kappa shape index (κ3) is 2.56. The molecule has 3 rings (SSSR count). The van der Waals surface area contributed by atoms with Gasteiger partial charge in [-0.1, -0.05) is 5.21 Å². The Labute approximate surface area is 121 Å². The second-order valence-electron chi connectivity index (χ2n) is 5.36. The molecule has 9 nitrogen and oxygen atoms in total. The molecule has 1 N–H and O–H groups in total. The van der Waals surface area contributed by atoms with Crippen molar-refractivity contribution in [1.82, 2.24) is 24.8 Å². The molecule has 3 heterocycles. The number of carboxylic acids is 1. The van der Waals surface area contributed by atoms with Crippen LogP contribution in [0.5, 0.6) is 0 Å². The first-order valence-electron chi connectivity index (χ1n) is 6.81. The molecule has 1 unspecified atom stereocenters. The van der Waals surface area contributed by atoms with Crippen LogP contribution in [0.4, 0.5) is 4.79 Å². The zero-order chi connectivity index (χ0) is 15.0. The van der Waals surface area contributed by atoms with Crippen molar-refractivity contribution in [2.75, 3.05) is 33.4 Å². The normalized spacial score (nSPS) is 22.1. The number of carbonyl (C=O) groups excluding carboxylic acids is 1. The molecule has 1 aromatic rings. The van der Waals surface area contributed by atoms with E-state index in [1.807, 2.05) is 0 Å². The summed E-state index contributed by atoms with van der Waals surface area (Å²) in [7, 11) is 1.78. The van der Waals surface area contributed by atoms with E-state index in [1.165, 1.54) is 10.9 Å². The number of urea groups is 1. The van der Waals surface area contributed by atoms with Crippen molar-refractivity contribution in [3.63, 3.8) is 0 Å². The van der Waals surface area contributed by atoms with E-state index in [0.717, 1.165) is 6.42 Å². The second kappa shape index (κ2) is 5.32. The van der Waals surface area contributed by atoms with Crippen molar-refractivity contribution in [3.05, 3.63) is 11.9 Å². The van der Waals surface area contributed by atoms with Gasteiger partial charge >= 0.3 is 12.0 Å². The maximum absolute atomic E-state index is 12.3. The zero-order valence-electron chi connectivity index (χ0n) is 11.7. The summed E-state index contributed by atoms with van der Waals surface area (Å²) in [6, 6.07) is 0.102. The fraction of sp³-hybridized carbons (Fsp3) is 0.667. The SMILES string of the molecule is CN(C(=O)N1CC(n2cc(C(=O)O)nn2)C1)C1CCOC1. The van der Waals surface area contributed by atoms with E-state index in [2.05, 4.69) is 10.3 Å². The molecule has 0 radical (unpaired) electrons. The van der Waals surface area contributed by atoms with Gasteiger partial charge in [-0.15, -0.1) is 5.10 Å². The van der Waals surface area contributed by atoms with Crippen LogP contribution in [-0.4, -0.2) is 81.3 Å². The van der Waals surface area contributed by atoms with Gasteiger partial charge in [0.15, 0.2) is 5.69 Å². The van der Waals surface area contributed by atoms with Crippen LogP contribution >= 0.6 is 0 Å². The fourth-order valence-corrected chi connectivity index (χ4v) is 2.54. The molecule has 2 fully saturated rings. The highest BCUT2D eigenvalue weighted by atomic mass is 16.5. The van der Waals surface area contributed by atoms with Gasteiger partial charge in [0.05, 0.1) is 24.9 Å². The third-order valence-corrected chi connectivity index (χ3v) is 3.99. The number of aromatic nitrogens is 3. The molecular weight excluding hydrogens is 278 g/mol. The van der Waals surface area contributed by atoms with E-state index in [4.69, 9.17) is 9.84 Å².